The Hall–Kier alpha value is -3.45. The number of hydrogen-bond donors (Lipinski definition) is 3. The van der Waals surface area contributed by atoms with Crippen LogP contribution in [-0.2, 0) is 32.7 Å². The molecule has 0 aliphatic rings. The van der Waals surface area contributed by atoms with Gasteiger partial charge in [-0.2, -0.15) is 0 Å². The molecule has 0 aliphatic heterocycles. The maximum atomic E-state index is 12.7. The molecule has 0 bridgehead atoms. The van der Waals surface area contributed by atoms with E-state index in [9.17, 15) is 34.4 Å². The predicted octanol–water partition coefficient (Wildman–Crippen LogP) is 9.41. The number of aliphatic hydroxyl groups excluding tert-OH is 3. The first-order chi connectivity index (χ1) is 30.2. The molecule has 0 heterocycles. The van der Waals surface area contributed by atoms with Crippen LogP contribution in [0.2, 0.25) is 0 Å². The number of unbranched alkanes of at least 4 members (excludes halogenated alkanes) is 5. The second-order valence-corrected chi connectivity index (χ2v) is 17.7. The Morgan fingerprint density at radius 3 is 1.81 bits per heavy atom. The number of hydrogen-bond acceptors (Lipinski definition) is 11. The zero-order chi connectivity index (χ0) is 46.9. The average molecular weight is 904 g/mol. The maximum Gasteiger partial charge on any atom is 0.306 e. The summed E-state index contributed by atoms with van der Waals surface area (Å²) >= 11 is 0. The number of phosphoric ester groups is 1. The van der Waals surface area contributed by atoms with Crippen LogP contribution in [0.4, 0.5) is 0 Å². The highest BCUT2D eigenvalue weighted by atomic mass is 31.2. The molecular weight excluding hydrogens is 822 g/mol. The molecule has 1 unspecified atom stereocenters. The van der Waals surface area contributed by atoms with E-state index in [-0.39, 0.29) is 32.3 Å². The van der Waals surface area contributed by atoms with Crippen LogP contribution in [0.1, 0.15) is 123 Å². The van der Waals surface area contributed by atoms with E-state index < -0.39 is 57.4 Å². The van der Waals surface area contributed by atoms with E-state index in [4.69, 9.17) is 18.5 Å². The Bertz CT molecular complexity index is 1490. The van der Waals surface area contributed by atoms with Gasteiger partial charge in [-0.25, -0.2) is 0 Å². The topological polar surface area (TPSA) is 172 Å². The Labute approximate surface area is 380 Å². The number of ether oxygens (including phenoxy) is 2. The first-order valence-corrected chi connectivity index (χ1v) is 24.4. The van der Waals surface area contributed by atoms with E-state index in [1.165, 1.54) is 6.08 Å². The average Bonchev–Trinajstić information content (AvgIpc) is 3.23. The van der Waals surface area contributed by atoms with Crippen LogP contribution in [-0.4, -0.2) is 104 Å². The fourth-order valence-corrected chi connectivity index (χ4v) is 6.14. The summed E-state index contributed by atoms with van der Waals surface area (Å²) in [7, 11) is 0.908. The number of esters is 2. The van der Waals surface area contributed by atoms with Crippen molar-refractivity contribution in [2.75, 3.05) is 47.5 Å². The number of aliphatic hydroxyl groups is 3. The van der Waals surface area contributed by atoms with Gasteiger partial charge in [-0.15, -0.1) is 0 Å². The van der Waals surface area contributed by atoms with Crippen LogP contribution in [0.3, 0.4) is 0 Å². The van der Waals surface area contributed by atoms with E-state index in [2.05, 4.69) is 74.6 Å². The Kier molecular flexibility index (Phi) is 37.9. The van der Waals surface area contributed by atoms with Crippen LogP contribution in [0.15, 0.2) is 109 Å². The van der Waals surface area contributed by atoms with Crippen LogP contribution in [0.25, 0.3) is 0 Å². The minimum atomic E-state index is -4.74. The van der Waals surface area contributed by atoms with Crippen molar-refractivity contribution in [3.8, 4) is 0 Å². The van der Waals surface area contributed by atoms with Gasteiger partial charge >= 0.3 is 11.9 Å². The molecule has 0 amide bonds. The summed E-state index contributed by atoms with van der Waals surface area (Å²) in [6.07, 6.45) is 43.4. The van der Waals surface area contributed by atoms with Gasteiger partial charge in [0.05, 0.1) is 46.1 Å². The normalized spacial score (nSPS) is 16.0. The molecule has 0 aromatic heterocycles. The molecule has 0 fully saturated rings. The number of likely N-dealkylation sites (N-methyl/N-ethyl adjacent to an activating group) is 1. The third kappa shape index (κ3) is 42.3. The third-order valence-corrected chi connectivity index (χ3v) is 10.1. The number of carbonyl (C=O) groups is 2. The number of nitrogens with zero attached hydrogens (tertiary/aromatic N) is 1. The summed E-state index contributed by atoms with van der Waals surface area (Å²) in [6, 6.07) is 0. The smallest absolute Gasteiger partial charge is 0.306 e. The first-order valence-electron chi connectivity index (χ1n) is 22.9. The lowest BCUT2D eigenvalue weighted by molar-refractivity contribution is -0.870. The Morgan fingerprint density at radius 2 is 1.21 bits per heavy atom. The molecule has 0 spiro atoms. The zero-order valence-electron chi connectivity index (χ0n) is 39.1. The molecule has 12 nitrogen and oxygen atoms in total. The molecule has 13 heteroatoms. The van der Waals surface area contributed by atoms with Crippen molar-refractivity contribution in [3.05, 3.63) is 109 Å². The monoisotopic (exact) mass is 904 g/mol. The Balaban J connectivity index is 4.74. The second-order valence-electron chi connectivity index (χ2n) is 16.2. The van der Waals surface area contributed by atoms with Crippen molar-refractivity contribution >= 4 is 19.8 Å². The molecule has 0 saturated heterocycles. The largest absolute Gasteiger partial charge is 0.756 e. The van der Waals surface area contributed by atoms with Gasteiger partial charge in [-0.1, -0.05) is 149 Å². The van der Waals surface area contributed by atoms with Crippen molar-refractivity contribution in [1.29, 1.82) is 0 Å². The fourth-order valence-electron chi connectivity index (χ4n) is 5.42. The molecule has 0 saturated carbocycles. The van der Waals surface area contributed by atoms with Crippen molar-refractivity contribution in [3.63, 3.8) is 0 Å². The van der Waals surface area contributed by atoms with Crippen LogP contribution < -0.4 is 4.89 Å². The van der Waals surface area contributed by atoms with E-state index in [1.54, 1.807) is 42.5 Å². The minimum Gasteiger partial charge on any atom is -0.756 e. The number of quaternary nitrogens is 1. The molecule has 5 atom stereocenters. The molecule has 0 aromatic rings. The second kappa shape index (κ2) is 40.1. The first kappa shape index (κ1) is 59.5. The quantitative estimate of drug-likeness (QED) is 0.0134. The van der Waals surface area contributed by atoms with Gasteiger partial charge in [-0.3, -0.25) is 14.2 Å². The number of carbonyl (C=O) groups excluding carboxylic acids is 2. The van der Waals surface area contributed by atoms with Gasteiger partial charge in [-0.05, 0) is 70.6 Å². The maximum absolute atomic E-state index is 12.7. The SMILES string of the molecule is CC/C=C\C/C=C\C/C=C\C/C=C\C/C=C\CCCCCC(=O)OC[C@H](COP(=O)([O-])OCC[N+](C)(C)C)OC(=O)CCC[C@H](O)[C@@H](O)/C=C/C=C/C=C\C=C\[C@@H](O)CCCCC. The summed E-state index contributed by atoms with van der Waals surface area (Å²) in [5.74, 6) is -1.22. The third-order valence-electron chi connectivity index (χ3n) is 9.14. The van der Waals surface area contributed by atoms with Crippen molar-refractivity contribution in [2.24, 2.45) is 0 Å². The lowest BCUT2D eigenvalue weighted by atomic mass is 10.1. The lowest BCUT2D eigenvalue weighted by Gasteiger charge is -2.28. The van der Waals surface area contributed by atoms with Crippen molar-refractivity contribution in [2.45, 2.75) is 147 Å². The van der Waals surface area contributed by atoms with Crippen molar-refractivity contribution in [1.82, 2.24) is 0 Å². The number of phosphoric acid groups is 1. The molecule has 0 aromatic carbocycles. The lowest BCUT2D eigenvalue weighted by Crippen LogP contribution is -2.37. The van der Waals surface area contributed by atoms with E-state index >= 15 is 0 Å². The highest BCUT2D eigenvalue weighted by Crippen LogP contribution is 2.38. The molecule has 0 rings (SSSR count). The molecular formula is C50H82NO11P. The summed E-state index contributed by atoms with van der Waals surface area (Å²) < 4.78 is 33.6. The van der Waals surface area contributed by atoms with Gasteiger partial charge in [0.1, 0.15) is 19.8 Å². The highest BCUT2D eigenvalue weighted by Gasteiger charge is 2.22. The number of rotatable bonds is 39. The minimum absolute atomic E-state index is 0.0860. The summed E-state index contributed by atoms with van der Waals surface area (Å²) in [5.41, 5.74) is 0. The number of allylic oxidation sites excluding steroid dienone is 16. The highest BCUT2D eigenvalue weighted by molar-refractivity contribution is 7.45. The summed E-state index contributed by atoms with van der Waals surface area (Å²) in [5, 5.41) is 30.6. The fraction of sp³-hybridized carbons (Fsp3) is 0.600. The van der Waals surface area contributed by atoms with Gasteiger partial charge in [0.15, 0.2) is 6.10 Å². The van der Waals surface area contributed by atoms with Crippen LogP contribution in [0.5, 0.6) is 0 Å². The summed E-state index contributed by atoms with van der Waals surface area (Å²) in [4.78, 5) is 37.7. The van der Waals surface area contributed by atoms with E-state index in [0.717, 1.165) is 77.0 Å². The molecule has 0 radical (unpaired) electrons. The Morgan fingerprint density at radius 1 is 0.635 bits per heavy atom. The van der Waals surface area contributed by atoms with Gasteiger partial charge in [0.2, 0.25) is 0 Å². The molecule has 3 N–H and O–H groups in total. The standard InChI is InChI=1S/C50H82NO11P/c1-6-8-10-11-12-13-14-15-16-17-18-19-20-21-22-23-24-29-33-39-49(55)59-43-46(44-61-63(57,58)60-42-41-51(3,4)5)62-50(56)40-34-38-48(54)47(53)37-32-28-26-25-27-31-36-45(52)35-30-9-7-2/h8,10,12-13,15-16,18-19,21-22,25-28,31-32,36-37,45-48,52-54H,6-7,9,11,14,17,20,23-24,29-30,33-35,38-44H2,1-5H3/b10-8-,13-12-,16-15-,19-18-,22-21-,27-25-,28-26+,36-31+,37-32+/t45-,46+,47-,48-/m0/s1. The van der Waals surface area contributed by atoms with Gasteiger partial charge < -0.3 is 43.2 Å². The van der Waals surface area contributed by atoms with Crippen molar-refractivity contribution < 1.29 is 57.4 Å². The molecule has 0 aliphatic carbocycles. The zero-order valence-corrected chi connectivity index (χ0v) is 39.9. The van der Waals surface area contributed by atoms with Gasteiger partial charge in [0.25, 0.3) is 7.82 Å². The van der Waals surface area contributed by atoms with Crippen LogP contribution >= 0.6 is 7.82 Å². The van der Waals surface area contributed by atoms with Gasteiger partial charge in [0, 0.05) is 12.8 Å². The summed E-state index contributed by atoms with van der Waals surface area (Å²) in [6.45, 7) is 3.53. The predicted molar refractivity (Wildman–Crippen MR) is 253 cm³/mol. The van der Waals surface area contributed by atoms with E-state index in [1.807, 2.05) is 21.1 Å². The van der Waals surface area contributed by atoms with Crippen LogP contribution in [0, 0.1) is 0 Å². The van der Waals surface area contributed by atoms with E-state index in [0.29, 0.717) is 17.4 Å². The molecule has 63 heavy (non-hydrogen) atoms. The molecule has 358 valence electrons.